The van der Waals surface area contributed by atoms with Gasteiger partial charge in [0.05, 0.1) is 24.8 Å². The van der Waals surface area contributed by atoms with Gasteiger partial charge in [-0.3, -0.25) is 10.1 Å². The lowest BCUT2D eigenvalue weighted by Gasteiger charge is -2.17. The standard InChI is InChI=1S/C16H17F3N2O5/c1-8(22)20-11-6-24-14-12(7-25-13(11)14)26-15(23)21-10-4-2-3-9(5-10)16(17,18)19/h2-5,11-14H,6-7H2,1H3,(H,20,22)(H,21,23)/t11-,12+,13+,14+/m0/s1. The normalized spacial score (nSPS) is 27.7. The number of carbonyl (C=O) groups excluding carboxylic acids is 2. The van der Waals surface area contributed by atoms with Crippen LogP contribution in [0.1, 0.15) is 12.5 Å². The van der Waals surface area contributed by atoms with Crippen LogP contribution in [-0.4, -0.2) is 49.6 Å². The highest BCUT2D eigenvalue weighted by Crippen LogP contribution is 2.31. The highest BCUT2D eigenvalue weighted by atomic mass is 19.4. The highest BCUT2D eigenvalue weighted by molar-refractivity contribution is 5.84. The van der Waals surface area contributed by atoms with Crippen LogP contribution in [0.3, 0.4) is 0 Å². The summed E-state index contributed by atoms with van der Waals surface area (Å²) in [6.45, 7) is 1.67. The molecule has 0 aliphatic carbocycles. The van der Waals surface area contributed by atoms with Crippen molar-refractivity contribution in [3.05, 3.63) is 29.8 Å². The van der Waals surface area contributed by atoms with E-state index in [9.17, 15) is 22.8 Å². The van der Waals surface area contributed by atoms with E-state index in [-0.39, 0.29) is 30.9 Å². The Labute approximate surface area is 146 Å². The predicted molar refractivity (Wildman–Crippen MR) is 82.4 cm³/mol. The van der Waals surface area contributed by atoms with Gasteiger partial charge >= 0.3 is 12.3 Å². The Balaban J connectivity index is 1.57. The quantitative estimate of drug-likeness (QED) is 0.844. The number of amides is 2. The molecule has 2 aliphatic heterocycles. The van der Waals surface area contributed by atoms with Gasteiger partial charge in [0.25, 0.3) is 0 Å². The van der Waals surface area contributed by atoms with Crippen molar-refractivity contribution in [2.24, 2.45) is 0 Å². The summed E-state index contributed by atoms with van der Waals surface area (Å²) in [5.74, 6) is -0.227. The average molecular weight is 374 g/mol. The van der Waals surface area contributed by atoms with Crippen molar-refractivity contribution in [2.75, 3.05) is 18.5 Å². The second-order valence-corrected chi connectivity index (χ2v) is 6.05. The Hall–Kier alpha value is -2.33. The number of carbonyl (C=O) groups is 2. The molecule has 0 radical (unpaired) electrons. The summed E-state index contributed by atoms with van der Waals surface area (Å²) in [5, 5.41) is 4.96. The summed E-state index contributed by atoms with van der Waals surface area (Å²) in [7, 11) is 0. The average Bonchev–Trinajstić information content (AvgIpc) is 3.10. The molecule has 10 heteroatoms. The topological polar surface area (TPSA) is 85.9 Å². The Kier molecular flexibility index (Phi) is 5.05. The minimum Gasteiger partial charge on any atom is -0.441 e. The molecule has 0 saturated carbocycles. The summed E-state index contributed by atoms with van der Waals surface area (Å²) >= 11 is 0. The van der Waals surface area contributed by atoms with Crippen molar-refractivity contribution in [3.8, 4) is 0 Å². The van der Waals surface area contributed by atoms with E-state index >= 15 is 0 Å². The van der Waals surface area contributed by atoms with Gasteiger partial charge in [-0.25, -0.2) is 4.79 Å². The fraction of sp³-hybridized carbons (Fsp3) is 0.500. The van der Waals surface area contributed by atoms with Gasteiger partial charge in [-0.1, -0.05) is 6.07 Å². The van der Waals surface area contributed by atoms with Crippen molar-refractivity contribution in [1.29, 1.82) is 0 Å². The van der Waals surface area contributed by atoms with Crippen LogP contribution in [-0.2, 0) is 25.2 Å². The van der Waals surface area contributed by atoms with E-state index in [1.807, 2.05) is 0 Å². The molecule has 2 aliphatic rings. The molecule has 26 heavy (non-hydrogen) atoms. The van der Waals surface area contributed by atoms with Crippen LogP contribution in [0, 0.1) is 0 Å². The smallest absolute Gasteiger partial charge is 0.416 e. The van der Waals surface area contributed by atoms with Crippen LogP contribution < -0.4 is 10.6 Å². The van der Waals surface area contributed by atoms with Crippen molar-refractivity contribution < 1.29 is 37.0 Å². The number of anilines is 1. The number of fused-ring (bicyclic) bond motifs is 1. The van der Waals surface area contributed by atoms with Crippen LogP contribution in [0.15, 0.2) is 24.3 Å². The zero-order valence-corrected chi connectivity index (χ0v) is 13.7. The Morgan fingerprint density at radius 3 is 2.62 bits per heavy atom. The van der Waals surface area contributed by atoms with E-state index < -0.39 is 36.1 Å². The molecule has 1 aromatic carbocycles. The molecule has 2 fully saturated rings. The zero-order valence-electron chi connectivity index (χ0n) is 13.7. The number of nitrogens with one attached hydrogen (secondary N) is 2. The third kappa shape index (κ3) is 4.07. The van der Waals surface area contributed by atoms with Gasteiger partial charge in [0, 0.05) is 12.6 Å². The lowest BCUT2D eigenvalue weighted by Crippen LogP contribution is -2.43. The molecule has 1 aromatic rings. The molecular formula is C16H17F3N2O5. The first-order valence-electron chi connectivity index (χ1n) is 7.89. The molecule has 4 atom stereocenters. The number of halogens is 3. The molecule has 0 bridgehead atoms. The second-order valence-electron chi connectivity index (χ2n) is 6.05. The molecule has 2 heterocycles. The van der Waals surface area contributed by atoms with Gasteiger partial charge in [-0.05, 0) is 18.2 Å². The van der Waals surface area contributed by atoms with Crippen LogP contribution in [0.5, 0.6) is 0 Å². The third-order valence-corrected chi connectivity index (χ3v) is 4.09. The fourth-order valence-electron chi connectivity index (χ4n) is 3.01. The number of rotatable bonds is 3. The van der Waals surface area contributed by atoms with E-state index in [0.29, 0.717) is 0 Å². The molecule has 2 saturated heterocycles. The van der Waals surface area contributed by atoms with Crippen LogP contribution >= 0.6 is 0 Å². The molecule has 2 amide bonds. The van der Waals surface area contributed by atoms with E-state index in [4.69, 9.17) is 14.2 Å². The van der Waals surface area contributed by atoms with Crippen LogP contribution in [0.4, 0.5) is 23.7 Å². The molecule has 0 unspecified atom stereocenters. The monoisotopic (exact) mass is 374 g/mol. The highest BCUT2D eigenvalue weighted by Gasteiger charge is 2.49. The fourth-order valence-corrected chi connectivity index (χ4v) is 3.01. The van der Waals surface area contributed by atoms with Gasteiger partial charge in [0.15, 0.2) is 6.10 Å². The third-order valence-electron chi connectivity index (χ3n) is 4.09. The molecule has 2 N–H and O–H groups in total. The molecular weight excluding hydrogens is 357 g/mol. The maximum atomic E-state index is 12.7. The molecule has 7 nitrogen and oxygen atoms in total. The largest absolute Gasteiger partial charge is 0.441 e. The SMILES string of the molecule is CC(=O)N[C@H]1CO[C@H]2[C@@H]1OC[C@H]2OC(=O)Nc1cccc(C(F)(F)F)c1. The Morgan fingerprint density at radius 1 is 1.19 bits per heavy atom. The van der Waals surface area contributed by atoms with Crippen LogP contribution in [0.25, 0.3) is 0 Å². The second kappa shape index (κ2) is 7.12. The zero-order chi connectivity index (χ0) is 18.9. The Morgan fingerprint density at radius 2 is 1.92 bits per heavy atom. The number of hydrogen-bond donors (Lipinski definition) is 2. The number of alkyl halides is 3. The number of ether oxygens (including phenoxy) is 3. The van der Waals surface area contributed by atoms with Crippen molar-refractivity contribution in [2.45, 2.75) is 37.5 Å². The maximum absolute atomic E-state index is 12.7. The number of hydrogen-bond acceptors (Lipinski definition) is 5. The first-order chi connectivity index (χ1) is 12.2. The molecule has 0 spiro atoms. The first-order valence-corrected chi connectivity index (χ1v) is 7.89. The van der Waals surface area contributed by atoms with E-state index in [0.717, 1.165) is 12.1 Å². The summed E-state index contributed by atoms with van der Waals surface area (Å²) in [6.07, 6.45) is -7.12. The number of benzene rings is 1. The van der Waals surface area contributed by atoms with Crippen LogP contribution in [0.2, 0.25) is 0 Å². The lowest BCUT2D eigenvalue weighted by molar-refractivity contribution is -0.137. The van der Waals surface area contributed by atoms with Gasteiger partial charge in [0.2, 0.25) is 5.91 Å². The van der Waals surface area contributed by atoms with Crippen molar-refractivity contribution in [1.82, 2.24) is 5.32 Å². The Bertz CT molecular complexity index is 697. The van der Waals surface area contributed by atoms with Gasteiger partial charge in [0.1, 0.15) is 12.2 Å². The predicted octanol–water partition coefficient (Wildman–Crippen LogP) is 1.92. The van der Waals surface area contributed by atoms with Gasteiger partial charge in [-0.2, -0.15) is 13.2 Å². The first kappa shape index (κ1) is 18.5. The van der Waals surface area contributed by atoms with E-state index in [1.165, 1.54) is 19.1 Å². The maximum Gasteiger partial charge on any atom is 0.416 e. The van der Waals surface area contributed by atoms with Crippen molar-refractivity contribution in [3.63, 3.8) is 0 Å². The lowest BCUT2D eigenvalue weighted by atomic mass is 10.1. The summed E-state index contributed by atoms with van der Waals surface area (Å²) in [4.78, 5) is 23.1. The van der Waals surface area contributed by atoms with Gasteiger partial charge < -0.3 is 19.5 Å². The molecule has 142 valence electrons. The van der Waals surface area contributed by atoms with Crippen molar-refractivity contribution >= 4 is 17.7 Å². The minimum absolute atomic E-state index is 0.0382. The van der Waals surface area contributed by atoms with Gasteiger partial charge in [-0.15, -0.1) is 0 Å². The molecule has 0 aromatic heterocycles. The van der Waals surface area contributed by atoms with E-state index in [2.05, 4.69) is 10.6 Å². The minimum atomic E-state index is -4.51. The summed E-state index contributed by atoms with van der Waals surface area (Å²) in [6, 6.07) is 3.89. The molecule has 3 rings (SSSR count). The summed E-state index contributed by atoms with van der Waals surface area (Å²) < 4.78 is 54.4. The summed E-state index contributed by atoms with van der Waals surface area (Å²) in [5.41, 5.74) is -0.916. The van der Waals surface area contributed by atoms with E-state index in [1.54, 1.807) is 0 Å².